The van der Waals surface area contributed by atoms with Crippen LogP contribution in [0.2, 0.25) is 0 Å². The van der Waals surface area contributed by atoms with E-state index in [4.69, 9.17) is 5.26 Å². The number of hydrogen-bond donors (Lipinski definition) is 1. The molecule has 0 saturated carbocycles. The number of hydrogen-bond acceptors (Lipinski definition) is 4. The molecule has 0 aliphatic carbocycles. The molecule has 6 nitrogen and oxygen atoms in total. The number of nitrogens with zero attached hydrogens (tertiary/aromatic N) is 4. The summed E-state index contributed by atoms with van der Waals surface area (Å²) in [5.74, 6) is 0. The summed E-state index contributed by atoms with van der Waals surface area (Å²) in [5, 5.41) is 14.9. The predicted octanol–water partition coefficient (Wildman–Crippen LogP) is 0.160. The Kier molecular flexibility index (Phi) is 2.01. The quantitative estimate of drug-likeness (QED) is 0.715. The van der Waals surface area contributed by atoms with E-state index in [0.717, 1.165) is 0 Å². The second kappa shape index (κ2) is 3.20. The molecule has 2 aromatic heterocycles. The summed E-state index contributed by atoms with van der Waals surface area (Å²) in [6.07, 6.45) is 0.613. The first-order valence-corrected chi connectivity index (χ1v) is 4.55. The topological polar surface area (TPSA) is 86.8 Å². The van der Waals surface area contributed by atoms with E-state index in [0.29, 0.717) is 17.7 Å². The van der Waals surface area contributed by atoms with Gasteiger partial charge in [-0.2, -0.15) is 9.78 Å². The normalized spacial score (nSPS) is 10.5. The number of aromatic nitrogens is 4. The molecular formula is C9H9N5O. The van der Waals surface area contributed by atoms with Gasteiger partial charge in [-0.25, -0.2) is 10.2 Å². The fourth-order valence-corrected chi connectivity index (χ4v) is 1.55. The van der Waals surface area contributed by atoms with Gasteiger partial charge >= 0.3 is 0 Å². The van der Waals surface area contributed by atoms with E-state index >= 15 is 0 Å². The second-order valence-electron chi connectivity index (χ2n) is 3.17. The van der Waals surface area contributed by atoms with Crippen molar-refractivity contribution in [1.29, 1.82) is 5.26 Å². The molecule has 0 aliphatic heterocycles. The van der Waals surface area contributed by atoms with Crippen molar-refractivity contribution >= 4 is 5.65 Å². The van der Waals surface area contributed by atoms with Crippen molar-refractivity contribution in [3.8, 4) is 6.07 Å². The number of nitriles is 1. The van der Waals surface area contributed by atoms with Crippen LogP contribution in [0.3, 0.4) is 0 Å². The van der Waals surface area contributed by atoms with Crippen LogP contribution in [-0.2, 0) is 6.42 Å². The van der Waals surface area contributed by atoms with Crippen LogP contribution in [0.1, 0.15) is 23.9 Å². The molecule has 0 aromatic carbocycles. The highest BCUT2D eigenvalue weighted by Crippen LogP contribution is 2.05. The minimum Gasteiger partial charge on any atom is -0.267 e. The monoisotopic (exact) mass is 203 g/mol. The van der Waals surface area contributed by atoms with Gasteiger partial charge in [-0.3, -0.25) is 4.79 Å². The van der Waals surface area contributed by atoms with Crippen LogP contribution in [0.15, 0.2) is 4.79 Å². The standard InChI is InChI=1S/C9H9N5O/c1-3-6-5(2)11-8-7(4-10)12-13-14(8)9(6)15/h13H,3H2,1-2H3. The van der Waals surface area contributed by atoms with Crippen LogP contribution in [0, 0.1) is 18.3 Å². The van der Waals surface area contributed by atoms with Crippen LogP contribution in [0.25, 0.3) is 5.65 Å². The van der Waals surface area contributed by atoms with E-state index in [1.54, 1.807) is 6.92 Å². The van der Waals surface area contributed by atoms with E-state index in [2.05, 4.69) is 15.3 Å². The lowest BCUT2D eigenvalue weighted by molar-refractivity contribution is 0.796. The van der Waals surface area contributed by atoms with Gasteiger partial charge in [0.1, 0.15) is 6.07 Å². The molecule has 2 heterocycles. The molecule has 2 rings (SSSR count). The Balaban J connectivity index is 2.95. The molecule has 0 atom stereocenters. The van der Waals surface area contributed by atoms with E-state index < -0.39 is 0 Å². The zero-order valence-corrected chi connectivity index (χ0v) is 8.40. The Morgan fingerprint density at radius 2 is 2.33 bits per heavy atom. The van der Waals surface area contributed by atoms with Crippen molar-refractivity contribution in [3.05, 3.63) is 27.3 Å². The summed E-state index contributed by atoms with van der Waals surface area (Å²) in [6, 6.07) is 1.88. The van der Waals surface area contributed by atoms with Gasteiger partial charge in [0.05, 0.1) is 0 Å². The van der Waals surface area contributed by atoms with Gasteiger partial charge in [-0.15, -0.1) is 5.10 Å². The highest BCUT2D eigenvalue weighted by molar-refractivity contribution is 5.50. The number of H-pyrrole nitrogens is 1. The molecule has 0 amide bonds. The van der Waals surface area contributed by atoms with E-state index in [1.165, 1.54) is 4.52 Å². The highest BCUT2D eigenvalue weighted by Gasteiger charge is 2.12. The second-order valence-corrected chi connectivity index (χ2v) is 3.17. The zero-order valence-electron chi connectivity index (χ0n) is 8.40. The molecule has 76 valence electrons. The first-order chi connectivity index (χ1) is 7.19. The Morgan fingerprint density at radius 3 is 2.93 bits per heavy atom. The average molecular weight is 203 g/mol. The van der Waals surface area contributed by atoms with Crippen molar-refractivity contribution in [1.82, 2.24) is 19.8 Å². The van der Waals surface area contributed by atoms with Crippen LogP contribution in [0.4, 0.5) is 0 Å². The number of aromatic amines is 1. The molecular weight excluding hydrogens is 194 g/mol. The Bertz CT molecular complexity index is 616. The number of rotatable bonds is 1. The summed E-state index contributed by atoms with van der Waals surface area (Å²) < 4.78 is 1.20. The predicted molar refractivity (Wildman–Crippen MR) is 52.4 cm³/mol. The van der Waals surface area contributed by atoms with Crippen molar-refractivity contribution in [3.63, 3.8) is 0 Å². The minimum absolute atomic E-state index is 0.137. The summed E-state index contributed by atoms with van der Waals surface area (Å²) >= 11 is 0. The maximum absolute atomic E-state index is 11.9. The first-order valence-electron chi connectivity index (χ1n) is 4.55. The third kappa shape index (κ3) is 1.21. The molecule has 0 spiro atoms. The number of fused-ring (bicyclic) bond motifs is 1. The van der Waals surface area contributed by atoms with Crippen molar-refractivity contribution in [2.75, 3.05) is 0 Å². The summed E-state index contributed by atoms with van der Waals surface area (Å²) in [6.45, 7) is 3.65. The van der Waals surface area contributed by atoms with E-state index in [1.807, 2.05) is 13.0 Å². The molecule has 0 fully saturated rings. The van der Waals surface area contributed by atoms with Gasteiger partial charge in [0.2, 0.25) is 5.69 Å². The Morgan fingerprint density at radius 1 is 1.60 bits per heavy atom. The zero-order chi connectivity index (χ0) is 11.0. The SMILES string of the molecule is CCc1c(C)nc2c(C#N)n[nH]n2c1=O. The first kappa shape index (κ1) is 9.40. The summed E-state index contributed by atoms with van der Waals surface area (Å²) in [5.41, 5.74) is 1.53. The van der Waals surface area contributed by atoms with Gasteiger partial charge in [0.25, 0.3) is 5.56 Å². The fourth-order valence-electron chi connectivity index (χ4n) is 1.55. The third-order valence-electron chi connectivity index (χ3n) is 2.32. The van der Waals surface area contributed by atoms with Gasteiger partial charge in [0, 0.05) is 11.3 Å². The molecule has 1 N–H and O–H groups in total. The molecule has 6 heteroatoms. The van der Waals surface area contributed by atoms with Crippen molar-refractivity contribution in [2.24, 2.45) is 0 Å². The van der Waals surface area contributed by atoms with Crippen LogP contribution < -0.4 is 5.56 Å². The van der Waals surface area contributed by atoms with E-state index in [-0.39, 0.29) is 16.9 Å². The average Bonchev–Trinajstić information content (AvgIpc) is 2.61. The molecule has 15 heavy (non-hydrogen) atoms. The fraction of sp³-hybridized carbons (Fsp3) is 0.333. The molecule has 0 radical (unpaired) electrons. The van der Waals surface area contributed by atoms with Crippen molar-refractivity contribution in [2.45, 2.75) is 20.3 Å². The Labute approximate surface area is 85.2 Å². The van der Waals surface area contributed by atoms with Gasteiger partial charge in [-0.05, 0) is 13.3 Å². The molecule has 0 bridgehead atoms. The summed E-state index contributed by atoms with van der Waals surface area (Å²) in [4.78, 5) is 16.0. The number of aryl methyl sites for hydroxylation is 1. The molecule has 0 saturated heterocycles. The molecule has 0 aliphatic rings. The maximum Gasteiger partial charge on any atom is 0.277 e. The molecule has 0 unspecified atom stereocenters. The third-order valence-corrected chi connectivity index (χ3v) is 2.32. The van der Waals surface area contributed by atoms with Crippen LogP contribution in [0.5, 0.6) is 0 Å². The Hall–Kier alpha value is -2.16. The largest absolute Gasteiger partial charge is 0.277 e. The van der Waals surface area contributed by atoms with Gasteiger partial charge < -0.3 is 0 Å². The van der Waals surface area contributed by atoms with Crippen molar-refractivity contribution < 1.29 is 0 Å². The highest BCUT2D eigenvalue weighted by atomic mass is 16.1. The minimum atomic E-state index is -0.186. The molecule has 2 aromatic rings. The van der Waals surface area contributed by atoms with Gasteiger partial charge in [-0.1, -0.05) is 6.92 Å². The lowest BCUT2D eigenvalue weighted by Crippen LogP contribution is -2.21. The smallest absolute Gasteiger partial charge is 0.267 e. The van der Waals surface area contributed by atoms with Gasteiger partial charge in [0.15, 0.2) is 5.65 Å². The number of nitrogens with one attached hydrogen (secondary N) is 1. The summed E-state index contributed by atoms with van der Waals surface area (Å²) in [7, 11) is 0. The maximum atomic E-state index is 11.9. The van der Waals surface area contributed by atoms with E-state index in [9.17, 15) is 4.79 Å². The lowest BCUT2D eigenvalue weighted by atomic mass is 10.2. The van der Waals surface area contributed by atoms with Crippen LogP contribution in [-0.4, -0.2) is 19.8 Å². The van der Waals surface area contributed by atoms with Crippen LogP contribution >= 0.6 is 0 Å². The lowest BCUT2D eigenvalue weighted by Gasteiger charge is -2.00.